The SMILES string of the molecule is B[C@@H]1CC(=O)[C@@H](C)C(=O)O[C@H](CC)[C@@]2(C)OC(=O)N(CCCCn3cc(-c4cccc(N)c4)nn3)[C@@H]2[C@@H](C)N(C(C)=O)C[C@H](C)C[C@@]1(C)OC. The van der Waals surface area contributed by atoms with Gasteiger partial charge in [-0.3, -0.25) is 24.0 Å². The molecule has 0 aliphatic carbocycles. The van der Waals surface area contributed by atoms with Crippen molar-refractivity contribution in [3.8, 4) is 11.3 Å². The Morgan fingerprint density at radius 2 is 1.84 bits per heavy atom. The van der Waals surface area contributed by atoms with Gasteiger partial charge in [-0.2, -0.15) is 0 Å². The van der Waals surface area contributed by atoms with Crippen molar-refractivity contribution in [2.45, 2.75) is 122 Å². The average Bonchev–Trinajstić information content (AvgIpc) is 3.64. The highest BCUT2D eigenvalue weighted by Gasteiger charge is 2.59. The van der Waals surface area contributed by atoms with Gasteiger partial charge in [0.2, 0.25) is 5.91 Å². The molecule has 13 nitrogen and oxygen atoms in total. The van der Waals surface area contributed by atoms with Gasteiger partial charge in [0.05, 0.1) is 23.9 Å². The largest absolute Gasteiger partial charge is 0.458 e. The van der Waals surface area contributed by atoms with Crippen molar-refractivity contribution in [3.63, 3.8) is 0 Å². The molecule has 50 heavy (non-hydrogen) atoms. The number of hydrogen-bond acceptors (Lipinski definition) is 10. The van der Waals surface area contributed by atoms with Crippen LogP contribution >= 0.6 is 0 Å². The van der Waals surface area contributed by atoms with Crippen LogP contribution in [0.25, 0.3) is 11.3 Å². The molecule has 14 heteroatoms. The fourth-order valence-corrected chi connectivity index (χ4v) is 7.75. The Labute approximate surface area is 296 Å². The maximum Gasteiger partial charge on any atom is 0.410 e. The number of ether oxygens (including phenoxy) is 3. The van der Waals surface area contributed by atoms with Gasteiger partial charge in [0.25, 0.3) is 0 Å². The molecule has 2 aromatic rings. The Bertz CT molecular complexity index is 1540. The molecule has 2 aliphatic rings. The molecule has 4 rings (SSSR count). The predicted octanol–water partition coefficient (Wildman–Crippen LogP) is 3.91. The van der Waals surface area contributed by atoms with Gasteiger partial charge in [-0.05, 0) is 77.2 Å². The number of anilines is 1. The van der Waals surface area contributed by atoms with Crippen molar-refractivity contribution < 1.29 is 33.4 Å². The summed E-state index contributed by atoms with van der Waals surface area (Å²) in [6.45, 7) is 14.0. The summed E-state index contributed by atoms with van der Waals surface area (Å²) in [4.78, 5) is 57.4. The van der Waals surface area contributed by atoms with Crippen LogP contribution in [0.15, 0.2) is 30.5 Å². The van der Waals surface area contributed by atoms with Gasteiger partial charge in [-0.1, -0.05) is 31.2 Å². The second-order valence-corrected chi connectivity index (χ2v) is 14.8. The van der Waals surface area contributed by atoms with E-state index in [2.05, 4.69) is 17.2 Å². The van der Waals surface area contributed by atoms with E-state index in [0.717, 1.165) is 11.3 Å². The number of methoxy groups -OCH3 is 1. The number of esters is 1. The molecule has 1 aromatic carbocycles. The minimum atomic E-state index is -1.30. The third-order valence-electron chi connectivity index (χ3n) is 11.0. The smallest absolute Gasteiger partial charge is 0.410 e. The lowest BCUT2D eigenvalue weighted by molar-refractivity contribution is -0.171. The minimum Gasteiger partial charge on any atom is -0.458 e. The summed E-state index contributed by atoms with van der Waals surface area (Å²) < 4.78 is 20.0. The van der Waals surface area contributed by atoms with E-state index in [1.165, 1.54) is 6.92 Å². The number of aryl methyl sites for hydroxylation is 1. The monoisotopic (exact) mass is 694 g/mol. The van der Waals surface area contributed by atoms with Crippen LogP contribution in [0, 0.1) is 11.8 Å². The standard InChI is InChI=1S/C36H55BN6O7/c1-9-31-36(7)32(42(34(47)50-36)16-11-10-15-41-21-28(39-40-41)26-13-12-14-27(38)17-26)24(4)43(25(5)44)20-22(2)19-35(6,48-8)30(37)18-29(45)23(3)33(46)49-31/h12-14,17,21-24,30-32H,9-11,15-16,18-20,37-38H2,1-8H3/t22-,23-,24-,30-,31-,32-,35-,36-/m1/s1. The summed E-state index contributed by atoms with van der Waals surface area (Å²) in [6.07, 6.45) is 2.83. The number of amides is 2. The van der Waals surface area contributed by atoms with Gasteiger partial charge in [0, 0.05) is 51.3 Å². The molecule has 0 radical (unpaired) electrons. The first-order chi connectivity index (χ1) is 23.5. The second kappa shape index (κ2) is 16.0. The zero-order chi connectivity index (χ0) is 37.0. The number of Topliss-reactive ketones (excluding diaryl/α,β-unsaturated/α-hetero) is 1. The third-order valence-corrected chi connectivity index (χ3v) is 11.0. The number of nitrogen functional groups attached to an aromatic ring is 1. The summed E-state index contributed by atoms with van der Waals surface area (Å²) in [7, 11) is 3.58. The van der Waals surface area contributed by atoms with Crippen LogP contribution in [-0.2, 0) is 35.1 Å². The Morgan fingerprint density at radius 3 is 2.48 bits per heavy atom. The average molecular weight is 695 g/mol. The van der Waals surface area contributed by atoms with Crippen molar-refractivity contribution in [1.82, 2.24) is 24.8 Å². The molecule has 1 aromatic heterocycles. The fourth-order valence-electron chi connectivity index (χ4n) is 7.75. The highest BCUT2D eigenvalue weighted by molar-refractivity contribution is 6.15. The van der Waals surface area contributed by atoms with Crippen LogP contribution in [0.2, 0.25) is 5.82 Å². The molecule has 274 valence electrons. The highest BCUT2D eigenvalue weighted by atomic mass is 16.6. The molecule has 2 amide bonds. The van der Waals surface area contributed by atoms with Gasteiger partial charge < -0.3 is 24.8 Å². The fraction of sp³-hybridized carbons (Fsp3) is 0.667. The predicted molar refractivity (Wildman–Crippen MR) is 192 cm³/mol. The molecule has 8 atom stereocenters. The number of rotatable bonds is 8. The van der Waals surface area contributed by atoms with Crippen LogP contribution in [0.1, 0.15) is 80.6 Å². The molecule has 0 spiro atoms. The van der Waals surface area contributed by atoms with Crippen molar-refractivity contribution in [3.05, 3.63) is 30.5 Å². The quantitative estimate of drug-likeness (QED) is 0.141. The van der Waals surface area contributed by atoms with Gasteiger partial charge in [0.15, 0.2) is 5.60 Å². The molecule has 3 heterocycles. The van der Waals surface area contributed by atoms with Gasteiger partial charge in [-0.15, -0.1) is 5.10 Å². The van der Waals surface area contributed by atoms with E-state index < -0.39 is 47.4 Å². The van der Waals surface area contributed by atoms with Crippen LogP contribution in [0.4, 0.5) is 10.5 Å². The molecule has 0 bridgehead atoms. The first kappa shape index (κ1) is 38.9. The molecule has 2 fully saturated rings. The lowest BCUT2D eigenvalue weighted by atomic mass is 9.67. The number of carbonyl (C=O) groups is 4. The van der Waals surface area contributed by atoms with E-state index in [4.69, 9.17) is 19.9 Å². The van der Waals surface area contributed by atoms with Gasteiger partial charge in [-0.25, -0.2) is 4.79 Å². The number of aromatic nitrogens is 3. The lowest BCUT2D eigenvalue weighted by Crippen LogP contribution is -2.62. The maximum absolute atomic E-state index is 13.7. The number of cyclic esters (lactones) is 1. The van der Waals surface area contributed by atoms with E-state index >= 15 is 0 Å². The van der Waals surface area contributed by atoms with Crippen molar-refractivity contribution in [2.24, 2.45) is 11.8 Å². The first-order valence-electron chi connectivity index (χ1n) is 17.9. The summed E-state index contributed by atoms with van der Waals surface area (Å²) in [5, 5.41) is 8.55. The zero-order valence-corrected chi connectivity index (χ0v) is 31.2. The molecule has 2 aliphatic heterocycles. The number of unbranched alkanes of at least 4 members (excludes halogenated alkanes) is 1. The number of benzene rings is 1. The molecular formula is C36H55BN6O7. The van der Waals surface area contributed by atoms with E-state index in [1.54, 1.807) is 35.4 Å². The number of fused-ring (bicyclic) bond motifs is 1. The number of carbonyl (C=O) groups excluding carboxylic acids is 4. The number of ketones is 1. The number of nitrogens with two attached hydrogens (primary N) is 1. The topological polar surface area (TPSA) is 159 Å². The molecule has 0 unspecified atom stereocenters. The normalized spacial score (nSPS) is 31.4. The van der Waals surface area contributed by atoms with Crippen LogP contribution in [0.5, 0.6) is 0 Å². The summed E-state index contributed by atoms with van der Waals surface area (Å²) in [5.74, 6) is -2.24. The third kappa shape index (κ3) is 8.33. The maximum atomic E-state index is 13.7. The van der Waals surface area contributed by atoms with Crippen LogP contribution in [-0.4, -0.2) is 106 Å². The summed E-state index contributed by atoms with van der Waals surface area (Å²) in [5.41, 5.74) is 6.20. The Kier molecular flexibility index (Phi) is 12.4. The van der Waals surface area contributed by atoms with Crippen molar-refractivity contribution in [2.75, 3.05) is 25.9 Å². The van der Waals surface area contributed by atoms with Crippen molar-refractivity contribution >= 4 is 37.3 Å². The lowest BCUT2D eigenvalue weighted by Gasteiger charge is -2.44. The highest BCUT2D eigenvalue weighted by Crippen LogP contribution is 2.41. The number of hydrogen-bond donors (Lipinski definition) is 1. The van der Waals surface area contributed by atoms with Gasteiger partial charge >= 0.3 is 12.1 Å². The Balaban J connectivity index is 1.62. The van der Waals surface area contributed by atoms with E-state index in [9.17, 15) is 19.2 Å². The van der Waals surface area contributed by atoms with E-state index in [1.807, 2.05) is 59.1 Å². The van der Waals surface area contributed by atoms with Crippen LogP contribution in [0.3, 0.4) is 0 Å². The van der Waals surface area contributed by atoms with Crippen LogP contribution < -0.4 is 5.73 Å². The zero-order valence-electron chi connectivity index (χ0n) is 31.2. The van der Waals surface area contributed by atoms with E-state index in [-0.39, 0.29) is 29.8 Å². The van der Waals surface area contributed by atoms with Gasteiger partial charge in [0.1, 0.15) is 31.3 Å². The minimum absolute atomic E-state index is 0.0103. The summed E-state index contributed by atoms with van der Waals surface area (Å²) >= 11 is 0. The number of nitrogens with zero attached hydrogens (tertiary/aromatic N) is 5. The molecular weight excluding hydrogens is 639 g/mol. The molecule has 2 N–H and O–H groups in total. The van der Waals surface area contributed by atoms with Crippen molar-refractivity contribution in [1.29, 1.82) is 0 Å². The van der Waals surface area contributed by atoms with E-state index in [0.29, 0.717) is 51.0 Å². The first-order valence-corrected chi connectivity index (χ1v) is 17.9. The molecule has 0 saturated carbocycles. The Morgan fingerprint density at radius 1 is 1.14 bits per heavy atom. The Hall–Kier alpha value is -3.94. The second-order valence-electron chi connectivity index (χ2n) is 14.8. The molecule has 2 saturated heterocycles. The summed E-state index contributed by atoms with van der Waals surface area (Å²) in [6, 6.07) is 6.32.